The second-order valence-electron chi connectivity index (χ2n) is 6.29. The van der Waals surface area contributed by atoms with Crippen LogP contribution in [0.5, 0.6) is 11.5 Å². The zero-order chi connectivity index (χ0) is 22.5. The largest absolute Gasteiger partial charge is 0.490 e. The fraction of sp³-hybridized carbons (Fsp3) is 0.136. The van der Waals surface area contributed by atoms with Gasteiger partial charge in [-0.2, -0.15) is 0 Å². The van der Waals surface area contributed by atoms with Crippen LogP contribution in [0.4, 0.5) is 10.1 Å². The van der Waals surface area contributed by atoms with Crippen LogP contribution in [0.15, 0.2) is 59.1 Å². The number of anilines is 1. The van der Waals surface area contributed by atoms with Crippen molar-refractivity contribution in [2.45, 2.75) is 6.92 Å². The predicted octanol–water partition coefficient (Wildman–Crippen LogP) is 4.38. The minimum atomic E-state index is -0.634. The highest BCUT2D eigenvalue weighted by molar-refractivity contribution is 9.10. The van der Waals surface area contributed by atoms with E-state index in [1.165, 1.54) is 30.3 Å². The monoisotopic (exact) mass is 504 g/mol. The van der Waals surface area contributed by atoms with Crippen molar-refractivity contribution in [2.24, 2.45) is 0 Å². The number of amides is 2. The summed E-state index contributed by atoms with van der Waals surface area (Å²) in [5.41, 5.74) is 0.727. The Morgan fingerprint density at radius 3 is 2.52 bits per heavy atom. The quantitative estimate of drug-likeness (QED) is 0.262. The fourth-order valence-corrected chi connectivity index (χ4v) is 3.55. The number of benzene rings is 2. The van der Waals surface area contributed by atoms with Crippen molar-refractivity contribution < 1.29 is 23.5 Å². The van der Waals surface area contributed by atoms with Crippen LogP contribution in [-0.2, 0) is 9.59 Å². The van der Waals surface area contributed by atoms with Gasteiger partial charge in [0.15, 0.2) is 16.6 Å². The fourth-order valence-electron chi connectivity index (χ4n) is 2.83. The third-order valence-electron chi connectivity index (χ3n) is 4.21. The lowest BCUT2D eigenvalue weighted by Crippen LogP contribution is -2.54. The highest BCUT2D eigenvalue weighted by Gasteiger charge is 2.34. The van der Waals surface area contributed by atoms with Crippen LogP contribution in [0.1, 0.15) is 12.5 Å². The van der Waals surface area contributed by atoms with Crippen molar-refractivity contribution in [1.82, 2.24) is 5.32 Å². The zero-order valence-corrected chi connectivity index (χ0v) is 18.9. The van der Waals surface area contributed by atoms with Crippen LogP contribution in [-0.4, -0.2) is 30.1 Å². The molecule has 2 aromatic carbocycles. The first-order chi connectivity index (χ1) is 14.8. The van der Waals surface area contributed by atoms with E-state index in [1.807, 2.05) is 6.92 Å². The zero-order valence-electron chi connectivity index (χ0n) is 16.5. The van der Waals surface area contributed by atoms with Gasteiger partial charge in [0.25, 0.3) is 11.8 Å². The molecule has 9 heteroatoms. The van der Waals surface area contributed by atoms with Crippen molar-refractivity contribution in [3.8, 4) is 11.5 Å². The van der Waals surface area contributed by atoms with Crippen molar-refractivity contribution in [2.75, 3.05) is 18.1 Å². The van der Waals surface area contributed by atoms with Gasteiger partial charge < -0.3 is 9.47 Å². The van der Waals surface area contributed by atoms with Crippen LogP contribution in [0.3, 0.4) is 0 Å². The van der Waals surface area contributed by atoms with Gasteiger partial charge in [0, 0.05) is 4.47 Å². The molecule has 1 fully saturated rings. The molecule has 160 valence electrons. The number of nitrogens with one attached hydrogen (secondary N) is 1. The summed E-state index contributed by atoms with van der Waals surface area (Å²) in [5, 5.41) is 2.41. The molecule has 1 N–H and O–H groups in total. The van der Waals surface area contributed by atoms with E-state index < -0.39 is 17.6 Å². The molecule has 0 unspecified atom stereocenters. The third kappa shape index (κ3) is 5.00. The van der Waals surface area contributed by atoms with Crippen molar-refractivity contribution in [1.29, 1.82) is 0 Å². The molecule has 0 aliphatic carbocycles. The molecule has 1 saturated heterocycles. The number of rotatable bonds is 7. The topological polar surface area (TPSA) is 67.9 Å². The maximum atomic E-state index is 13.3. The minimum absolute atomic E-state index is 0.0824. The van der Waals surface area contributed by atoms with Gasteiger partial charge >= 0.3 is 0 Å². The second kappa shape index (κ2) is 9.84. The maximum Gasteiger partial charge on any atom is 0.270 e. The van der Waals surface area contributed by atoms with Gasteiger partial charge in [-0.15, -0.1) is 0 Å². The van der Waals surface area contributed by atoms with Crippen LogP contribution in [0.2, 0.25) is 0 Å². The Balaban J connectivity index is 2.02. The van der Waals surface area contributed by atoms with Crippen LogP contribution in [0.25, 0.3) is 6.08 Å². The van der Waals surface area contributed by atoms with E-state index >= 15 is 0 Å². The first-order valence-electron chi connectivity index (χ1n) is 9.22. The standard InChI is InChI=1S/C22H18BrFN2O4S/c1-3-9-30-19-12-17(23)13(11-18(19)29-4-2)10-16-20(27)25-22(31)26(21(16)28)15-7-5-14(24)6-8-15/h3,5-8,10-12H,1,4,9H2,2H3,(H,25,27,31)/b16-10-. The first kappa shape index (κ1) is 22.6. The third-order valence-corrected chi connectivity index (χ3v) is 5.18. The molecular weight excluding hydrogens is 487 g/mol. The summed E-state index contributed by atoms with van der Waals surface area (Å²) in [5.74, 6) is -0.772. The van der Waals surface area contributed by atoms with E-state index in [4.69, 9.17) is 21.7 Å². The van der Waals surface area contributed by atoms with Gasteiger partial charge in [-0.05, 0) is 67.2 Å². The average molecular weight is 505 g/mol. The Morgan fingerprint density at radius 2 is 1.87 bits per heavy atom. The molecule has 2 aromatic rings. The second-order valence-corrected chi connectivity index (χ2v) is 7.53. The number of carbonyl (C=O) groups excluding carboxylic acids is 2. The molecule has 1 aliphatic rings. The molecule has 0 radical (unpaired) electrons. The Morgan fingerprint density at radius 1 is 1.19 bits per heavy atom. The van der Waals surface area contributed by atoms with Gasteiger partial charge in [0.05, 0.1) is 12.3 Å². The molecule has 1 aliphatic heterocycles. The lowest BCUT2D eigenvalue weighted by molar-refractivity contribution is -0.122. The summed E-state index contributed by atoms with van der Waals surface area (Å²) in [6.07, 6.45) is 3.04. The number of hydrogen-bond donors (Lipinski definition) is 1. The highest BCUT2D eigenvalue weighted by Crippen LogP contribution is 2.35. The highest BCUT2D eigenvalue weighted by atomic mass is 79.9. The molecule has 31 heavy (non-hydrogen) atoms. The van der Waals surface area contributed by atoms with Gasteiger partial charge in [0.1, 0.15) is 18.0 Å². The Labute approximate surface area is 192 Å². The van der Waals surface area contributed by atoms with E-state index in [2.05, 4.69) is 27.8 Å². The number of carbonyl (C=O) groups is 2. The minimum Gasteiger partial charge on any atom is -0.490 e. The number of nitrogens with zero attached hydrogens (tertiary/aromatic N) is 1. The van der Waals surface area contributed by atoms with Crippen molar-refractivity contribution in [3.63, 3.8) is 0 Å². The lowest BCUT2D eigenvalue weighted by Gasteiger charge is -2.29. The molecule has 0 aromatic heterocycles. The van der Waals surface area contributed by atoms with Gasteiger partial charge in [-0.3, -0.25) is 19.8 Å². The van der Waals surface area contributed by atoms with Crippen molar-refractivity contribution in [3.05, 3.63) is 70.5 Å². The smallest absolute Gasteiger partial charge is 0.270 e. The Bertz CT molecular complexity index is 1090. The first-order valence-corrected chi connectivity index (χ1v) is 10.4. The number of halogens is 2. The summed E-state index contributed by atoms with van der Waals surface area (Å²) in [6, 6.07) is 8.58. The normalized spacial score (nSPS) is 15.1. The van der Waals surface area contributed by atoms with E-state index in [1.54, 1.807) is 18.2 Å². The SMILES string of the molecule is C=CCOc1cc(Br)c(/C=C2/C(=O)NC(=S)N(c3ccc(F)cc3)C2=O)cc1OCC. The maximum absolute atomic E-state index is 13.3. The summed E-state index contributed by atoms with van der Waals surface area (Å²) in [7, 11) is 0. The van der Waals surface area contributed by atoms with E-state index in [0.29, 0.717) is 33.8 Å². The summed E-state index contributed by atoms with van der Waals surface area (Å²) in [4.78, 5) is 26.8. The van der Waals surface area contributed by atoms with E-state index in [9.17, 15) is 14.0 Å². The van der Waals surface area contributed by atoms with Crippen molar-refractivity contribution >= 4 is 56.8 Å². The molecule has 0 bridgehead atoms. The summed E-state index contributed by atoms with van der Waals surface area (Å²) < 4.78 is 25.1. The van der Waals surface area contributed by atoms with Gasteiger partial charge in [-0.1, -0.05) is 28.6 Å². The number of ether oxygens (including phenoxy) is 2. The average Bonchev–Trinajstić information content (AvgIpc) is 2.73. The predicted molar refractivity (Wildman–Crippen MR) is 124 cm³/mol. The summed E-state index contributed by atoms with van der Waals surface area (Å²) >= 11 is 8.59. The molecule has 1 heterocycles. The van der Waals surface area contributed by atoms with Crippen LogP contribution < -0.4 is 19.7 Å². The number of hydrogen-bond acceptors (Lipinski definition) is 5. The molecule has 0 atom stereocenters. The Hall–Kier alpha value is -3.04. The van der Waals surface area contributed by atoms with E-state index in [-0.39, 0.29) is 17.3 Å². The molecule has 0 spiro atoms. The lowest BCUT2D eigenvalue weighted by atomic mass is 10.1. The van der Waals surface area contributed by atoms with Gasteiger partial charge in [-0.25, -0.2) is 4.39 Å². The molecular formula is C22H18BrFN2O4S. The molecule has 3 rings (SSSR count). The molecule has 2 amide bonds. The van der Waals surface area contributed by atoms with Crippen LogP contribution in [0, 0.1) is 5.82 Å². The molecule has 0 saturated carbocycles. The Kier molecular flexibility index (Phi) is 7.19. The molecule has 6 nitrogen and oxygen atoms in total. The number of thiocarbonyl (C=S) groups is 1. The van der Waals surface area contributed by atoms with Crippen LogP contribution >= 0.6 is 28.1 Å². The van der Waals surface area contributed by atoms with E-state index in [0.717, 1.165) is 4.90 Å². The summed E-state index contributed by atoms with van der Waals surface area (Å²) in [6.45, 7) is 6.14. The van der Waals surface area contributed by atoms with Gasteiger partial charge in [0.2, 0.25) is 0 Å².